The van der Waals surface area contributed by atoms with Crippen molar-refractivity contribution in [3.05, 3.63) is 24.2 Å². The Morgan fingerprint density at radius 1 is 1.54 bits per heavy atom. The molecule has 5 N–H and O–H groups in total. The lowest BCUT2D eigenvalue weighted by Crippen LogP contribution is -2.44. The fourth-order valence-electron chi connectivity index (χ4n) is 2.96. The molecule has 0 amide bonds. The van der Waals surface area contributed by atoms with Gasteiger partial charge in [-0.2, -0.15) is 5.26 Å². The maximum Gasteiger partial charge on any atom is 0.167 e. The number of ether oxygens (including phenoxy) is 1. The van der Waals surface area contributed by atoms with E-state index in [2.05, 4.69) is 9.97 Å². The van der Waals surface area contributed by atoms with Crippen molar-refractivity contribution in [2.75, 3.05) is 12.3 Å². The van der Waals surface area contributed by atoms with Gasteiger partial charge in [0.2, 0.25) is 0 Å². The van der Waals surface area contributed by atoms with E-state index in [-0.39, 0.29) is 5.82 Å². The molecule has 9 nitrogen and oxygen atoms in total. The van der Waals surface area contributed by atoms with E-state index in [0.717, 1.165) is 0 Å². The van der Waals surface area contributed by atoms with Crippen LogP contribution in [-0.4, -0.2) is 54.3 Å². The third-order valence-electron chi connectivity index (χ3n) is 4.19. The predicted octanol–water partition coefficient (Wildman–Crippen LogP) is -0.448. The molecule has 126 valence electrons. The zero-order chi connectivity index (χ0) is 17.5. The zero-order valence-corrected chi connectivity index (χ0v) is 12.9. The van der Waals surface area contributed by atoms with Crippen LogP contribution >= 0.6 is 0 Å². The quantitative estimate of drug-likeness (QED) is 0.552. The van der Waals surface area contributed by atoms with Gasteiger partial charge in [-0.05, 0) is 13.0 Å². The van der Waals surface area contributed by atoms with Crippen molar-refractivity contribution in [1.82, 2.24) is 14.5 Å². The van der Waals surface area contributed by atoms with E-state index in [1.807, 2.05) is 6.07 Å². The van der Waals surface area contributed by atoms with Gasteiger partial charge in [0.05, 0.1) is 18.1 Å². The summed E-state index contributed by atoms with van der Waals surface area (Å²) in [7, 11) is 0. The van der Waals surface area contributed by atoms with Gasteiger partial charge in [0.15, 0.2) is 6.23 Å². The molecule has 0 bridgehead atoms. The average molecular weight is 331 g/mol. The Morgan fingerprint density at radius 2 is 2.29 bits per heavy atom. The van der Waals surface area contributed by atoms with Crippen molar-refractivity contribution >= 4 is 22.9 Å². The van der Waals surface area contributed by atoms with Crippen LogP contribution in [0, 0.1) is 11.3 Å². The van der Waals surface area contributed by atoms with Crippen LogP contribution in [0.25, 0.3) is 17.1 Å². The number of rotatable bonds is 3. The molecular formula is C15H17N5O4. The number of hydrogen-bond acceptors (Lipinski definition) is 8. The van der Waals surface area contributed by atoms with Gasteiger partial charge < -0.3 is 30.4 Å². The van der Waals surface area contributed by atoms with E-state index in [0.29, 0.717) is 16.6 Å². The molecule has 4 atom stereocenters. The van der Waals surface area contributed by atoms with Crippen molar-refractivity contribution in [1.29, 1.82) is 5.26 Å². The van der Waals surface area contributed by atoms with Crippen LogP contribution < -0.4 is 5.73 Å². The number of nitrogens with two attached hydrogens (primary N) is 1. The molecule has 1 aliphatic rings. The fraction of sp³-hybridized carbons (Fsp3) is 0.400. The predicted molar refractivity (Wildman–Crippen MR) is 84.2 cm³/mol. The van der Waals surface area contributed by atoms with Crippen molar-refractivity contribution in [2.45, 2.75) is 31.0 Å². The summed E-state index contributed by atoms with van der Waals surface area (Å²) in [5.41, 5.74) is 5.22. The molecule has 0 radical (unpaired) electrons. The molecule has 9 heteroatoms. The highest BCUT2D eigenvalue weighted by atomic mass is 16.6. The van der Waals surface area contributed by atoms with Crippen LogP contribution in [0.5, 0.6) is 0 Å². The Morgan fingerprint density at radius 3 is 2.92 bits per heavy atom. The van der Waals surface area contributed by atoms with Gasteiger partial charge in [0.25, 0.3) is 0 Å². The third kappa shape index (κ3) is 2.33. The number of aliphatic hydroxyl groups excluding tert-OH is 2. The normalized spacial score (nSPS) is 30.2. The molecule has 1 fully saturated rings. The second kappa shape index (κ2) is 5.85. The van der Waals surface area contributed by atoms with E-state index >= 15 is 0 Å². The first-order valence-electron chi connectivity index (χ1n) is 7.25. The largest absolute Gasteiger partial charge is 0.394 e. The van der Waals surface area contributed by atoms with Crippen molar-refractivity contribution in [2.24, 2.45) is 0 Å². The van der Waals surface area contributed by atoms with E-state index in [4.69, 9.17) is 15.7 Å². The number of fused-ring (bicyclic) bond motifs is 1. The highest BCUT2D eigenvalue weighted by molar-refractivity contribution is 5.94. The van der Waals surface area contributed by atoms with Crippen LogP contribution in [0.4, 0.5) is 5.82 Å². The van der Waals surface area contributed by atoms with Gasteiger partial charge in [-0.15, -0.1) is 0 Å². The summed E-state index contributed by atoms with van der Waals surface area (Å²) in [4.78, 5) is 8.12. The minimum atomic E-state index is -1.66. The second-order valence-electron chi connectivity index (χ2n) is 5.79. The first-order chi connectivity index (χ1) is 11.4. The van der Waals surface area contributed by atoms with E-state index in [9.17, 15) is 15.3 Å². The lowest BCUT2D eigenvalue weighted by atomic mass is 9.96. The molecule has 0 aliphatic carbocycles. The van der Waals surface area contributed by atoms with Crippen LogP contribution in [-0.2, 0) is 4.74 Å². The highest BCUT2D eigenvalue weighted by Crippen LogP contribution is 2.40. The standard InChI is InChI=1S/C15H17N5O4/c1-15(23)11(22)9(6-21)24-14(15)20-5-8(3-2-4-16)10-12(17)18-7-19-13(10)20/h2-3,5,7,9,11,14,21-23H,6H2,1H3,(H2,17,18,19)/b3-2+/t9-,11-,14?,15-/m1/s1. The SMILES string of the molecule is C[C@]1(O)C(n2cc(/C=C/C#N)c3c(N)ncnc32)O[C@H](CO)[C@H]1O. The summed E-state index contributed by atoms with van der Waals surface area (Å²) >= 11 is 0. The summed E-state index contributed by atoms with van der Waals surface area (Å²) in [5.74, 6) is 0.216. The minimum absolute atomic E-state index is 0.216. The zero-order valence-electron chi connectivity index (χ0n) is 12.9. The second-order valence-corrected chi connectivity index (χ2v) is 5.79. The number of nitrogen functional groups attached to an aromatic ring is 1. The average Bonchev–Trinajstić information content (AvgIpc) is 3.02. The molecule has 3 heterocycles. The van der Waals surface area contributed by atoms with Crippen molar-refractivity contribution in [3.8, 4) is 6.07 Å². The third-order valence-corrected chi connectivity index (χ3v) is 4.19. The van der Waals surface area contributed by atoms with E-state index in [1.165, 1.54) is 23.9 Å². The first kappa shape index (κ1) is 16.4. The molecule has 1 aliphatic heterocycles. The molecule has 24 heavy (non-hydrogen) atoms. The van der Waals surface area contributed by atoms with E-state index < -0.39 is 30.6 Å². The molecule has 2 aromatic rings. The summed E-state index contributed by atoms with van der Waals surface area (Å²) in [6.45, 7) is 0.977. The Balaban J connectivity index is 2.19. The number of nitriles is 1. The van der Waals surface area contributed by atoms with Gasteiger partial charge in [-0.1, -0.05) is 0 Å². The first-order valence-corrected chi connectivity index (χ1v) is 7.25. The fourth-order valence-corrected chi connectivity index (χ4v) is 2.96. The van der Waals surface area contributed by atoms with Gasteiger partial charge >= 0.3 is 0 Å². The number of hydrogen-bond donors (Lipinski definition) is 4. The topological polar surface area (TPSA) is 150 Å². The Labute approximate surface area is 137 Å². The molecule has 2 aromatic heterocycles. The number of aliphatic hydroxyl groups is 3. The molecule has 3 rings (SSSR count). The van der Waals surface area contributed by atoms with Crippen molar-refractivity contribution < 1.29 is 20.1 Å². The van der Waals surface area contributed by atoms with Gasteiger partial charge in [-0.3, -0.25) is 0 Å². The minimum Gasteiger partial charge on any atom is -0.394 e. The highest BCUT2D eigenvalue weighted by Gasteiger charge is 2.53. The molecule has 0 spiro atoms. The van der Waals surface area contributed by atoms with Gasteiger partial charge in [0, 0.05) is 17.8 Å². The number of anilines is 1. The summed E-state index contributed by atoms with van der Waals surface area (Å²) < 4.78 is 7.13. The Hall–Kier alpha value is -2.51. The lowest BCUT2D eigenvalue weighted by molar-refractivity contribution is -0.0948. The maximum atomic E-state index is 10.6. The smallest absolute Gasteiger partial charge is 0.167 e. The molecular weight excluding hydrogens is 314 g/mol. The number of nitrogens with zero attached hydrogens (tertiary/aromatic N) is 4. The van der Waals surface area contributed by atoms with Gasteiger partial charge in [0.1, 0.15) is 35.6 Å². The molecule has 1 unspecified atom stereocenters. The molecule has 1 saturated heterocycles. The van der Waals surface area contributed by atoms with Crippen LogP contribution in [0.3, 0.4) is 0 Å². The number of allylic oxidation sites excluding steroid dienone is 1. The monoisotopic (exact) mass is 331 g/mol. The maximum absolute atomic E-state index is 10.6. The molecule has 0 saturated carbocycles. The summed E-state index contributed by atoms with van der Waals surface area (Å²) in [6.07, 6.45) is 2.50. The van der Waals surface area contributed by atoms with Crippen LogP contribution in [0.1, 0.15) is 18.7 Å². The van der Waals surface area contributed by atoms with E-state index in [1.54, 1.807) is 12.3 Å². The lowest BCUT2D eigenvalue weighted by Gasteiger charge is -2.27. The van der Waals surface area contributed by atoms with Crippen LogP contribution in [0.15, 0.2) is 18.6 Å². The summed E-state index contributed by atoms with van der Waals surface area (Å²) in [5, 5.41) is 39.4. The Kier molecular flexibility index (Phi) is 3.98. The molecule has 0 aromatic carbocycles. The van der Waals surface area contributed by atoms with Gasteiger partial charge in [-0.25, -0.2) is 9.97 Å². The Bertz CT molecular complexity index is 838. The summed E-state index contributed by atoms with van der Waals surface area (Å²) in [6, 6.07) is 1.89. The number of aromatic nitrogens is 3. The van der Waals surface area contributed by atoms with Crippen LogP contribution in [0.2, 0.25) is 0 Å². The van der Waals surface area contributed by atoms with Crippen molar-refractivity contribution in [3.63, 3.8) is 0 Å².